The number of benzene rings is 2. The Hall–Kier alpha value is -1.72. The van der Waals surface area contributed by atoms with Gasteiger partial charge in [-0.2, -0.15) is 0 Å². The maximum Gasteiger partial charge on any atom is 0.179 e. The van der Waals surface area contributed by atoms with E-state index >= 15 is 0 Å². The largest absolute Gasteiger partial charge is 0.329 e. The van der Waals surface area contributed by atoms with Gasteiger partial charge in [0.1, 0.15) is 5.82 Å². The van der Waals surface area contributed by atoms with E-state index in [-0.39, 0.29) is 23.0 Å². The lowest BCUT2D eigenvalue weighted by Crippen LogP contribution is -2.15. The van der Waals surface area contributed by atoms with Crippen molar-refractivity contribution in [2.24, 2.45) is 5.73 Å². The molecule has 0 unspecified atom stereocenters. The zero-order chi connectivity index (χ0) is 13.9. The van der Waals surface area contributed by atoms with E-state index in [1.165, 1.54) is 24.3 Å². The highest BCUT2D eigenvalue weighted by molar-refractivity contribution is 7.91. The van der Waals surface area contributed by atoms with Gasteiger partial charge in [0.15, 0.2) is 9.84 Å². The summed E-state index contributed by atoms with van der Waals surface area (Å²) < 4.78 is 36.7. The van der Waals surface area contributed by atoms with Crippen LogP contribution in [0.4, 0.5) is 4.39 Å². The average molecular weight is 279 g/mol. The fraction of sp³-hybridized carbons (Fsp3) is 0.143. The van der Waals surface area contributed by atoms with E-state index in [4.69, 9.17) is 5.73 Å². The topological polar surface area (TPSA) is 60.2 Å². The van der Waals surface area contributed by atoms with Gasteiger partial charge in [-0.05, 0) is 35.4 Å². The van der Waals surface area contributed by atoms with Gasteiger partial charge in [0.2, 0.25) is 0 Å². The standard InChI is InChI=1S/C14H14FNO2S/c15-13-3-1-2-12(10-13)11-4-6-14(7-5-11)19(17,18)9-8-16/h1-7,10H,8-9,16H2. The van der Waals surface area contributed by atoms with Crippen molar-refractivity contribution in [3.05, 3.63) is 54.3 Å². The van der Waals surface area contributed by atoms with E-state index in [1.807, 2.05) is 0 Å². The number of hydrogen-bond acceptors (Lipinski definition) is 3. The Bertz CT molecular complexity index is 666. The highest BCUT2D eigenvalue weighted by Gasteiger charge is 2.12. The number of halogens is 1. The molecule has 0 radical (unpaired) electrons. The summed E-state index contributed by atoms with van der Waals surface area (Å²) in [7, 11) is -3.32. The first-order valence-corrected chi connectivity index (χ1v) is 7.47. The average Bonchev–Trinajstić information content (AvgIpc) is 2.39. The van der Waals surface area contributed by atoms with E-state index in [2.05, 4.69) is 0 Å². The van der Waals surface area contributed by atoms with Crippen molar-refractivity contribution in [1.82, 2.24) is 0 Å². The lowest BCUT2D eigenvalue weighted by atomic mass is 10.1. The molecule has 0 aliphatic heterocycles. The quantitative estimate of drug-likeness (QED) is 0.933. The van der Waals surface area contributed by atoms with Crippen molar-refractivity contribution in [2.75, 3.05) is 12.3 Å². The number of sulfone groups is 1. The van der Waals surface area contributed by atoms with Gasteiger partial charge in [0.05, 0.1) is 10.6 Å². The van der Waals surface area contributed by atoms with Gasteiger partial charge in [0, 0.05) is 6.54 Å². The second kappa shape index (κ2) is 5.50. The van der Waals surface area contributed by atoms with Crippen LogP contribution in [-0.4, -0.2) is 20.7 Å². The number of nitrogens with two attached hydrogens (primary N) is 1. The van der Waals surface area contributed by atoms with E-state index in [0.717, 1.165) is 5.56 Å². The summed E-state index contributed by atoms with van der Waals surface area (Å²) in [6, 6.07) is 12.5. The molecule has 0 fully saturated rings. The number of rotatable bonds is 4. The van der Waals surface area contributed by atoms with Crippen molar-refractivity contribution < 1.29 is 12.8 Å². The monoisotopic (exact) mass is 279 g/mol. The van der Waals surface area contributed by atoms with Gasteiger partial charge in [0.25, 0.3) is 0 Å². The van der Waals surface area contributed by atoms with Gasteiger partial charge in [-0.25, -0.2) is 12.8 Å². The summed E-state index contributed by atoms with van der Waals surface area (Å²) in [6.07, 6.45) is 0. The van der Waals surface area contributed by atoms with E-state index in [1.54, 1.807) is 24.3 Å². The minimum Gasteiger partial charge on any atom is -0.329 e. The molecule has 2 N–H and O–H groups in total. The molecule has 2 aromatic carbocycles. The maximum absolute atomic E-state index is 13.1. The molecule has 0 spiro atoms. The van der Waals surface area contributed by atoms with Gasteiger partial charge < -0.3 is 5.73 Å². The molecule has 0 aliphatic carbocycles. The molecule has 19 heavy (non-hydrogen) atoms. The smallest absolute Gasteiger partial charge is 0.179 e. The third-order valence-electron chi connectivity index (χ3n) is 2.76. The van der Waals surface area contributed by atoms with Gasteiger partial charge in [-0.1, -0.05) is 24.3 Å². The normalized spacial score (nSPS) is 11.5. The minimum absolute atomic E-state index is 0.0771. The van der Waals surface area contributed by atoms with Gasteiger partial charge in [-0.15, -0.1) is 0 Å². The molecule has 0 atom stereocenters. The first-order chi connectivity index (χ1) is 9.03. The first-order valence-electron chi connectivity index (χ1n) is 5.82. The second-order valence-corrected chi connectivity index (χ2v) is 6.25. The van der Waals surface area contributed by atoms with E-state index in [0.29, 0.717) is 5.56 Å². The molecule has 0 bridgehead atoms. The third-order valence-corrected chi connectivity index (χ3v) is 4.52. The lowest BCUT2D eigenvalue weighted by molar-refractivity contribution is 0.596. The highest BCUT2D eigenvalue weighted by atomic mass is 32.2. The Morgan fingerprint density at radius 3 is 2.26 bits per heavy atom. The van der Waals surface area contributed by atoms with Crippen molar-refractivity contribution in [1.29, 1.82) is 0 Å². The van der Waals surface area contributed by atoms with E-state index in [9.17, 15) is 12.8 Å². The van der Waals surface area contributed by atoms with Crippen LogP contribution in [0.3, 0.4) is 0 Å². The Morgan fingerprint density at radius 1 is 1.00 bits per heavy atom. The molecular weight excluding hydrogens is 265 g/mol. The second-order valence-electron chi connectivity index (χ2n) is 4.14. The summed E-state index contributed by atoms with van der Waals surface area (Å²) in [5.74, 6) is -0.399. The Labute approximate surface area is 111 Å². The van der Waals surface area contributed by atoms with Gasteiger partial charge >= 0.3 is 0 Å². The van der Waals surface area contributed by atoms with Crippen LogP contribution in [0.5, 0.6) is 0 Å². The molecule has 2 aromatic rings. The summed E-state index contributed by atoms with van der Waals surface area (Å²) in [6.45, 7) is 0.0913. The zero-order valence-corrected chi connectivity index (χ0v) is 11.0. The van der Waals surface area contributed by atoms with Crippen molar-refractivity contribution >= 4 is 9.84 Å². The minimum atomic E-state index is -3.32. The molecule has 0 heterocycles. The molecule has 100 valence electrons. The predicted octanol–water partition coefficient (Wildman–Crippen LogP) is 2.23. The summed E-state index contributed by atoms with van der Waals surface area (Å²) in [5, 5.41) is 0. The van der Waals surface area contributed by atoms with Crippen LogP contribution in [0.1, 0.15) is 0 Å². The van der Waals surface area contributed by atoms with Crippen LogP contribution < -0.4 is 5.73 Å². The first kappa shape index (κ1) is 13.7. The zero-order valence-electron chi connectivity index (χ0n) is 10.2. The Kier molecular flexibility index (Phi) is 3.97. The van der Waals surface area contributed by atoms with Crippen LogP contribution in [0.25, 0.3) is 11.1 Å². The van der Waals surface area contributed by atoms with Gasteiger partial charge in [-0.3, -0.25) is 0 Å². The highest BCUT2D eigenvalue weighted by Crippen LogP contribution is 2.22. The predicted molar refractivity (Wildman–Crippen MR) is 72.9 cm³/mol. The molecule has 0 aromatic heterocycles. The van der Waals surface area contributed by atoms with Crippen LogP contribution in [0, 0.1) is 5.82 Å². The van der Waals surface area contributed by atoms with Crippen molar-refractivity contribution in [3.63, 3.8) is 0 Å². The summed E-state index contributed by atoms with van der Waals surface area (Å²) in [5.41, 5.74) is 6.75. The van der Waals surface area contributed by atoms with Crippen molar-refractivity contribution in [2.45, 2.75) is 4.90 Å². The molecule has 2 rings (SSSR count). The Morgan fingerprint density at radius 2 is 1.68 bits per heavy atom. The van der Waals surface area contributed by atoms with Crippen LogP contribution in [0.2, 0.25) is 0 Å². The fourth-order valence-electron chi connectivity index (χ4n) is 1.80. The number of hydrogen-bond donors (Lipinski definition) is 1. The Balaban J connectivity index is 2.34. The van der Waals surface area contributed by atoms with Crippen LogP contribution in [-0.2, 0) is 9.84 Å². The molecule has 0 amide bonds. The molecular formula is C14H14FNO2S. The van der Waals surface area contributed by atoms with Crippen LogP contribution in [0.15, 0.2) is 53.4 Å². The van der Waals surface area contributed by atoms with Crippen molar-refractivity contribution in [3.8, 4) is 11.1 Å². The summed E-state index contributed by atoms with van der Waals surface area (Å²) >= 11 is 0. The SMILES string of the molecule is NCCS(=O)(=O)c1ccc(-c2cccc(F)c2)cc1. The third kappa shape index (κ3) is 3.19. The van der Waals surface area contributed by atoms with E-state index < -0.39 is 9.84 Å². The molecule has 5 heteroatoms. The molecule has 0 saturated heterocycles. The maximum atomic E-state index is 13.1. The van der Waals surface area contributed by atoms with Crippen LogP contribution >= 0.6 is 0 Å². The summed E-state index contributed by atoms with van der Waals surface area (Å²) in [4.78, 5) is 0.234. The molecule has 3 nitrogen and oxygen atoms in total. The lowest BCUT2D eigenvalue weighted by Gasteiger charge is -2.05. The fourth-order valence-corrected chi connectivity index (χ4v) is 2.89. The molecule has 0 saturated carbocycles. The molecule has 0 aliphatic rings.